The summed E-state index contributed by atoms with van der Waals surface area (Å²) in [6.07, 6.45) is 6.91. The summed E-state index contributed by atoms with van der Waals surface area (Å²) in [6, 6.07) is 0.355. The highest BCUT2D eigenvalue weighted by Crippen LogP contribution is 2.21. The van der Waals surface area contributed by atoms with Crippen LogP contribution < -0.4 is 5.32 Å². The zero-order valence-electron chi connectivity index (χ0n) is 9.29. The number of rotatable bonds is 2. The predicted octanol–water partition coefficient (Wildman–Crippen LogP) is 3.40. The molecule has 2 nitrogen and oxygen atoms in total. The van der Waals surface area contributed by atoms with E-state index in [1.165, 1.54) is 25.2 Å². The monoisotopic (exact) mass is 300 g/mol. The van der Waals surface area contributed by atoms with E-state index < -0.39 is 0 Å². The second-order valence-electron chi connectivity index (χ2n) is 3.93. The fourth-order valence-electron chi connectivity index (χ4n) is 1.98. The van der Waals surface area contributed by atoms with Crippen molar-refractivity contribution in [3.05, 3.63) is 28.8 Å². The van der Waals surface area contributed by atoms with Gasteiger partial charge in [-0.2, -0.15) is 0 Å². The minimum Gasteiger partial charge on any atom is -0.314 e. The Morgan fingerprint density at radius 2 is 2.12 bits per heavy atom. The Hall–Kier alpha value is -0.0900. The Bertz CT molecular complexity index is 323. The molecule has 1 fully saturated rings. The molecule has 0 radical (unpaired) electrons. The van der Waals surface area contributed by atoms with Crippen LogP contribution in [0.3, 0.4) is 0 Å². The average molecular weight is 302 g/mol. The van der Waals surface area contributed by atoms with Crippen LogP contribution >= 0.6 is 36.4 Å². The average Bonchev–Trinajstić information content (AvgIpc) is 2.25. The van der Waals surface area contributed by atoms with Gasteiger partial charge in [0, 0.05) is 17.8 Å². The van der Waals surface area contributed by atoms with Crippen LogP contribution in [0.25, 0.3) is 0 Å². The zero-order valence-corrected chi connectivity index (χ0v) is 11.7. The first-order chi connectivity index (χ1) is 7.27. The quantitative estimate of drug-likeness (QED) is 0.905. The largest absolute Gasteiger partial charge is 0.314 e. The van der Waals surface area contributed by atoms with Crippen molar-refractivity contribution in [3.63, 3.8) is 0 Å². The highest BCUT2D eigenvalue weighted by molar-refractivity contribution is 6.31. The molecule has 0 aromatic carbocycles. The summed E-state index contributed by atoms with van der Waals surface area (Å²) in [6.45, 7) is 1.02. The van der Waals surface area contributed by atoms with E-state index in [4.69, 9.17) is 11.6 Å². The number of pyridine rings is 1. The molecular formula is C11H16Cl3FN2. The number of piperidine rings is 1. The molecule has 17 heavy (non-hydrogen) atoms. The van der Waals surface area contributed by atoms with Gasteiger partial charge in [-0.3, -0.25) is 4.98 Å². The summed E-state index contributed by atoms with van der Waals surface area (Å²) in [5, 5.41) is 3.81. The summed E-state index contributed by atoms with van der Waals surface area (Å²) >= 11 is 5.92. The Kier molecular flexibility index (Phi) is 8.05. The van der Waals surface area contributed by atoms with Crippen molar-refractivity contribution in [1.82, 2.24) is 10.3 Å². The maximum Gasteiger partial charge on any atom is 0.146 e. The van der Waals surface area contributed by atoms with E-state index >= 15 is 0 Å². The molecule has 1 aromatic heterocycles. The third-order valence-corrected chi connectivity index (χ3v) is 3.14. The first-order valence-electron chi connectivity index (χ1n) is 5.28. The van der Waals surface area contributed by atoms with Crippen molar-refractivity contribution in [2.24, 2.45) is 0 Å². The lowest BCUT2D eigenvalue weighted by molar-refractivity contribution is 0.395. The van der Waals surface area contributed by atoms with Gasteiger partial charge < -0.3 is 5.32 Å². The van der Waals surface area contributed by atoms with Gasteiger partial charge in [0.2, 0.25) is 0 Å². The van der Waals surface area contributed by atoms with Crippen molar-refractivity contribution in [1.29, 1.82) is 0 Å². The van der Waals surface area contributed by atoms with Crippen molar-refractivity contribution in [2.75, 3.05) is 6.54 Å². The molecule has 1 unspecified atom stereocenters. The molecule has 1 aromatic rings. The Labute approximate surface area is 118 Å². The molecule has 0 aliphatic carbocycles. The molecule has 6 heteroatoms. The van der Waals surface area contributed by atoms with Crippen molar-refractivity contribution < 1.29 is 4.39 Å². The van der Waals surface area contributed by atoms with Crippen LogP contribution in [0.15, 0.2) is 12.4 Å². The van der Waals surface area contributed by atoms with Crippen molar-refractivity contribution in [2.45, 2.75) is 31.7 Å². The minimum absolute atomic E-state index is 0. The van der Waals surface area contributed by atoms with E-state index in [-0.39, 0.29) is 30.6 Å². The van der Waals surface area contributed by atoms with Crippen molar-refractivity contribution >= 4 is 36.4 Å². The van der Waals surface area contributed by atoms with E-state index in [0.29, 0.717) is 23.0 Å². The molecule has 1 N–H and O–H groups in total. The molecule has 1 aliphatic heterocycles. The lowest BCUT2D eigenvalue weighted by Crippen LogP contribution is -2.35. The van der Waals surface area contributed by atoms with Crippen LogP contribution in [0.5, 0.6) is 0 Å². The summed E-state index contributed by atoms with van der Waals surface area (Å²) < 4.78 is 13.4. The highest BCUT2D eigenvalue weighted by atomic mass is 35.5. The van der Waals surface area contributed by atoms with Gasteiger partial charge in [-0.15, -0.1) is 24.8 Å². The van der Waals surface area contributed by atoms with Gasteiger partial charge in [0.1, 0.15) is 5.82 Å². The zero-order chi connectivity index (χ0) is 10.7. The van der Waals surface area contributed by atoms with Crippen LogP contribution in [0.2, 0.25) is 5.02 Å². The molecule has 2 rings (SSSR count). The molecule has 1 saturated heterocycles. The molecular weight excluding hydrogens is 285 g/mol. The van der Waals surface area contributed by atoms with Gasteiger partial charge in [0.15, 0.2) is 0 Å². The third-order valence-electron chi connectivity index (χ3n) is 2.82. The molecule has 0 amide bonds. The number of aromatic nitrogens is 1. The SMILES string of the molecule is Cl.Cl.Fc1cncc(Cl)c1CC1CCCCN1. The minimum atomic E-state index is -0.296. The Morgan fingerprint density at radius 1 is 1.35 bits per heavy atom. The predicted molar refractivity (Wildman–Crippen MR) is 73.0 cm³/mol. The number of hydrogen-bond donors (Lipinski definition) is 1. The molecule has 0 saturated carbocycles. The van der Waals surface area contributed by atoms with Gasteiger partial charge in [-0.05, 0) is 25.8 Å². The van der Waals surface area contributed by atoms with Crippen LogP contribution in [0.4, 0.5) is 4.39 Å². The maximum atomic E-state index is 13.4. The van der Waals surface area contributed by atoms with Crippen LogP contribution in [-0.2, 0) is 6.42 Å². The number of nitrogens with zero attached hydrogens (tertiary/aromatic N) is 1. The van der Waals surface area contributed by atoms with Gasteiger partial charge in [-0.25, -0.2) is 4.39 Å². The molecule has 0 bridgehead atoms. The number of halogens is 4. The van der Waals surface area contributed by atoms with E-state index in [0.717, 1.165) is 13.0 Å². The van der Waals surface area contributed by atoms with E-state index in [1.807, 2.05) is 0 Å². The lowest BCUT2D eigenvalue weighted by atomic mass is 9.98. The van der Waals surface area contributed by atoms with Crippen LogP contribution in [-0.4, -0.2) is 17.6 Å². The van der Waals surface area contributed by atoms with Crippen molar-refractivity contribution in [3.8, 4) is 0 Å². The normalized spacial score (nSPS) is 19.1. The Balaban J connectivity index is 0.00000128. The lowest BCUT2D eigenvalue weighted by Gasteiger charge is -2.23. The van der Waals surface area contributed by atoms with Gasteiger partial charge in [-0.1, -0.05) is 18.0 Å². The highest BCUT2D eigenvalue weighted by Gasteiger charge is 2.17. The standard InChI is InChI=1S/C11H14ClFN2.2ClH/c12-10-6-14-7-11(13)9(10)5-8-3-1-2-4-15-8;;/h6-8,15H,1-5H2;2*1H. The molecule has 1 atom stereocenters. The molecule has 0 spiro atoms. The van der Waals surface area contributed by atoms with E-state index in [2.05, 4.69) is 10.3 Å². The van der Waals surface area contributed by atoms with E-state index in [1.54, 1.807) is 0 Å². The topological polar surface area (TPSA) is 24.9 Å². The summed E-state index contributed by atoms with van der Waals surface area (Å²) in [5.41, 5.74) is 0.589. The summed E-state index contributed by atoms with van der Waals surface area (Å²) in [5.74, 6) is -0.296. The second kappa shape index (κ2) is 8.09. The van der Waals surface area contributed by atoms with Gasteiger partial charge in [0.25, 0.3) is 0 Å². The first-order valence-corrected chi connectivity index (χ1v) is 5.66. The summed E-state index contributed by atoms with van der Waals surface area (Å²) in [7, 11) is 0. The summed E-state index contributed by atoms with van der Waals surface area (Å²) in [4.78, 5) is 3.71. The van der Waals surface area contributed by atoms with Gasteiger partial charge in [0.05, 0.1) is 11.2 Å². The third kappa shape index (κ3) is 4.59. The molecule has 1 aliphatic rings. The first kappa shape index (κ1) is 16.9. The maximum absolute atomic E-state index is 13.4. The van der Waals surface area contributed by atoms with Crippen LogP contribution in [0.1, 0.15) is 24.8 Å². The fraction of sp³-hybridized carbons (Fsp3) is 0.545. The number of nitrogens with one attached hydrogen (secondary N) is 1. The van der Waals surface area contributed by atoms with Gasteiger partial charge >= 0.3 is 0 Å². The Morgan fingerprint density at radius 3 is 2.71 bits per heavy atom. The fourth-order valence-corrected chi connectivity index (χ4v) is 2.20. The number of hydrogen-bond acceptors (Lipinski definition) is 2. The smallest absolute Gasteiger partial charge is 0.146 e. The van der Waals surface area contributed by atoms with Crippen LogP contribution in [0, 0.1) is 5.82 Å². The molecule has 98 valence electrons. The molecule has 2 heterocycles. The van der Waals surface area contributed by atoms with E-state index in [9.17, 15) is 4.39 Å². The second-order valence-corrected chi connectivity index (χ2v) is 4.34.